The Morgan fingerprint density at radius 1 is 1.26 bits per heavy atom. The largest absolute Gasteiger partial charge is 0.481 e. The lowest BCUT2D eigenvalue weighted by atomic mass is 9.76. The van der Waals surface area contributed by atoms with E-state index in [4.69, 9.17) is 0 Å². The number of carbonyl (C=O) groups excluding carboxylic acids is 1. The molecule has 0 heterocycles. The molecule has 2 atom stereocenters. The molecule has 0 unspecified atom stereocenters. The Kier molecular flexibility index (Phi) is 4.96. The van der Waals surface area contributed by atoms with Crippen LogP contribution in [0.4, 0.5) is 0 Å². The second-order valence-electron chi connectivity index (χ2n) is 5.13. The monoisotopic (exact) mass is 372 g/mol. The number of hydrogen-bond donors (Lipinski definition) is 1. The van der Waals surface area contributed by atoms with E-state index < -0.39 is 5.97 Å². The zero-order valence-corrected chi connectivity index (χ0v) is 12.8. The van der Waals surface area contributed by atoms with Crippen molar-refractivity contribution in [3.8, 4) is 0 Å². The van der Waals surface area contributed by atoms with E-state index in [2.05, 4.69) is 22.6 Å². The summed E-state index contributed by atoms with van der Waals surface area (Å²) in [6.07, 6.45) is 3.92. The summed E-state index contributed by atoms with van der Waals surface area (Å²) < 4.78 is 1.03. The molecule has 0 saturated heterocycles. The van der Waals surface area contributed by atoms with Crippen LogP contribution in [0.15, 0.2) is 24.3 Å². The molecule has 0 spiro atoms. The smallest absolute Gasteiger partial charge is 0.306 e. The molecule has 19 heavy (non-hydrogen) atoms. The van der Waals surface area contributed by atoms with Crippen LogP contribution in [0.1, 0.15) is 42.5 Å². The highest BCUT2D eigenvalue weighted by molar-refractivity contribution is 14.1. The van der Waals surface area contributed by atoms with E-state index in [0.29, 0.717) is 18.4 Å². The van der Waals surface area contributed by atoms with Crippen molar-refractivity contribution in [1.82, 2.24) is 0 Å². The lowest BCUT2D eigenvalue weighted by molar-refractivity contribution is -0.144. The minimum absolute atomic E-state index is 0.00313. The van der Waals surface area contributed by atoms with Crippen molar-refractivity contribution in [1.29, 1.82) is 0 Å². The van der Waals surface area contributed by atoms with Crippen molar-refractivity contribution in [3.63, 3.8) is 0 Å². The maximum absolute atomic E-state index is 12.2. The van der Waals surface area contributed by atoms with Gasteiger partial charge in [0.1, 0.15) is 0 Å². The van der Waals surface area contributed by atoms with Crippen molar-refractivity contribution in [2.24, 2.45) is 11.8 Å². The predicted octanol–water partition coefficient (Wildman–Crippen LogP) is 3.76. The van der Waals surface area contributed by atoms with E-state index in [1.165, 1.54) is 0 Å². The Morgan fingerprint density at radius 2 is 2.00 bits per heavy atom. The van der Waals surface area contributed by atoms with E-state index >= 15 is 0 Å². The number of carboxylic acids is 1. The molecule has 0 aliphatic heterocycles. The fourth-order valence-corrected chi connectivity index (χ4v) is 3.34. The molecule has 1 aromatic rings. The first-order valence-electron chi connectivity index (χ1n) is 6.59. The summed E-state index contributed by atoms with van der Waals surface area (Å²) in [6, 6.07) is 7.48. The average Bonchev–Trinajstić information content (AvgIpc) is 2.39. The normalized spacial score (nSPS) is 23.0. The van der Waals surface area contributed by atoms with Gasteiger partial charge in [-0.15, -0.1) is 0 Å². The third kappa shape index (κ3) is 3.78. The van der Waals surface area contributed by atoms with Crippen molar-refractivity contribution < 1.29 is 14.7 Å². The van der Waals surface area contributed by atoms with Crippen LogP contribution < -0.4 is 0 Å². The molecule has 0 amide bonds. The number of ketones is 1. The number of carbonyl (C=O) groups is 2. The molecule has 1 fully saturated rings. The summed E-state index contributed by atoms with van der Waals surface area (Å²) in [5.74, 6) is -1.03. The Bertz CT molecular complexity index is 484. The van der Waals surface area contributed by atoms with E-state index in [1.54, 1.807) is 0 Å². The second-order valence-corrected chi connectivity index (χ2v) is 6.37. The number of hydrogen-bond acceptors (Lipinski definition) is 2. The molecule has 0 radical (unpaired) electrons. The summed E-state index contributed by atoms with van der Waals surface area (Å²) in [4.78, 5) is 23.5. The van der Waals surface area contributed by atoms with Gasteiger partial charge in [0.05, 0.1) is 5.92 Å². The van der Waals surface area contributed by atoms with Crippen LogP contribution in [0.3, 0.4) is 0 Å². The minimum atomic E-state index is -0.750. The van der Waals surface area contributed by atoms with Crippen LogP contribution in [-0.2, 0) is 4.79 Å². The molecule has 1 saturated carbocycles. The molecule has 4 heteroatoms. The summed E-state index contributed by atoms with van der Waals surface area (Å²) in [6.45, 7) is 0. The van der Waals surface area contributed by atoms with E-state index in [0.717, 1.165) is 22.8 Å². The topological polar surface area (TPSA) is 54.4 Å². The molecular formula is C15H17IO3. The van der Waals surface area contributed by atoms with Gasteiger partial charge in [-0.3, -0.25) is 9.59 Å². The molecular weight excluding hydrogens is 355 g/mol. The molecule has 1 aliphatic rings. The summed E-state index contributed by atoms with van der Waals surface area (Å²) in [5, 5.41) is 9.22. The van der Waals surface area contributed by atoms with Crippen molar-refractivity contribution in [2.75, 3.05) is 0 Å². The van der Waals surface area contributed by atoms with Gasteiger partial charge in [0.2, 0.25) is 0 Å². The van der Waals surface area contributed by atoms with Gasteiger partial charge in [0, 0.05) is 15.6 Å². The zero-order valence-electron chi connectivity index (χ0n) is 10.6. The Labute approximate surface area is 126 Å². The molecule has 102 valence electrons. The molecule has 0 bridgehead atoms. The lowest BCUT2D eigenvalue weighted by Crippen LogP contribution is -2.28. The van der Waals surface area contributed by atoms with Gasteiger partial charge < -0.3 is 5.11 Å². The molecule has 1 aromatic carbocycles. The Hall–Kier alpha value is -0.910. The second kappa shape index (κ2) is 6.50. The van der Waals surface area contributed by atoms with E-state index in [1.807, 2.05) is 24.3 Å². The van der Waals surface area contributed by atoms with Gasteiger partial charge in [-0.1, -0.05) is 25.0 Å². The van der Waals surface area contributed by atoms with Gasteiger partial charge >= 0.3 is 5.97 Å². The van der Waals surface area contributed by atoms with Gasteiger partial charge in [-0.05, 0) is 53.5 Å². The van der Waals surface area contributed by atoms with Gasteiger partial charge in [-0.25, -0.2) is 0 Å². The molecule has 1 N–H and O–H groups in total. The number of Topliss-reactive ketones (excluding diaryl/α,β-unsaturated/α-hetero) is 1. The zero-order chi connectivity index (χ0) is 13.8. The predicted molar refractivity (Wildman–Crippen MR) is 81.2 cm³/mol. The van der Waals surface area contributed by atoms with Crippen LogP contribution >= 0.6 is 22.6 Å². The highest BCUT2D eigenvalue weighted by atomic mass is 127. The summed E-state index contributed by atoms with van der Waals surface area (Å²) in [5.41, 5.74) is 0.696. The number of aliphatic carboxylic acids is 1. The first kappa shape index (κ1) is 14.5. The highest BCUT2D eigenvalue weighted by Crippen LogP contribution is 2.33. The fraction of sp³-hybridized carbons (Fsp3) is 0.467. The van der Waals surface area contributed by atoms with E-state index in [-0.39, 0.29) is 17.6 Å². The first-order chi connectivity index (χ1) is 9.08. The van der Waals surface area contributed by atoms with Crippen LogP contribution in [0.25, 0.3) is 0 Å². The minimum Gasteiger partial charge on any atom is -0.481 e. The SMILES string of the molecule is O=C(C[C@@H]1CCCC[C@@H]1C(=O)O)c1cccc(I)c1. The van der Waals surface area contributed by atoms with Crippen molar-refractivity contribution in [2.45, 2.75) is 32.1 Å². The van der Waals surface area contributed by atoms with Gasteiger partial charge in [-0.2, -0.15) is 0 Å². The summed E-state index contributed by atoms with van der Waals surface area (Å²) >= 11 is 2.18. The maximum atomic E-state index is 12.2. The van der Waals surface area contributed by atoms with Crippen LogP contribution in [0, 0.1) is 15.4 Å². The number of benzene rings is 1. The Morgan fingerprint density at radius 3 is 2.68 bits per heavy atom. The van der Waals surface area contributed by atoms with Crippen LogP contribution in [0.5, 0.6) is 0 Å². The van der Waals surface area contributed by atoms with Crippen LogP contribution in [-0.4, -0.2) is 16.9 Å². The first-order valence-corrected chi connectivity index (χ1v) is 7.67. The molecule has 3 nitrogen and oxygen atoms in total. The molecule has 0 aromatic heterocycles. The number of carboxylic acid groups (broad SMARTS) is 1. The lowest BCUT2D eigenvalue weighted by Gasteiger charge is -2.27. The number of rotatable bonds is 4. The Balaban J connectivity index is 2.07. The fourth-order valence-electron chi connectivity index (χ4n) is 2.80. The third-order valence-electron chi connectivity index (χ3n) is 3.82. The highest BCUT2D eigenvalue weighted by Gasteiger charge is 2.32. The molecule has 1 aliphatic carbocycles. The third-order valence-corrected chi connectivity index (χ3v) is 4.49. The van der Waals surface area contributed by atoms with Crippen molar-refractivity contribution >= 4 is 34.3 Å². The quantitative estimate of drug-likeness (QED) is 0.647. The maximum Gasteiger partial charge on any atom is 0.306 e. The van der Waals surface area contributed by atoms with Gasteiger partial charge in [0.15, 0.2) is 5.78 Å². The summed E-state index contributed by atoms with van der Waals surface area (Å²) in [7, 11) is 0. The average molecular weight is 372 g/mol. The van der Waals surface area contributed by atoms with E-state index in [9.17, 15) is 14.7 Å². The van der Waals surface area contributed by atoms with Crippen LogP contribution in [0.2, 0.25) is 0 Å². The number of halogens is 1. The van der Waals surface area contributed by atoms with Gasteiger partial charge in [0.25, 0.3) is 0 Å². The standard InChI is InChI=1S/C15H17IO3/c16-12-6-3-5-11(8-12)14(17)9-10-4-1-2-7-13(10)15(18)19/h3,5-6,8,10,13H,1-2,4,7,9H2,(H,18,19)/t10-,13-/m0/s1. The molecule has 2 rings (SSSR count). The van der Waals surface area contributed by atoms with Crippen molar-refractivity contribution in [3.05, 3.63) is 33.4 Å².